The molecule has 2 aromatic carbocycles. The Morgan fingerprint density at radius 3 is 2.57 bits per heavy atom. The van der Waals surface area contributed by atoms with Crippen molar-refractivity contribution < 1.29 is 23.9 Å². The summed E-state index contributed by atoms with van der Waals surface area (Å²) in [7, 11) is 0. The summed E-state index contributed by atoms with van der Waals surface area (Å²) in [6, 6.07) is 13.0. The van der Waals surface area contributed by atoms with Crippen molar-refractivity contribution >= 4 is 46.4 Å². The molecule has 0 radical (unpaired) electrons. The monoisotopic (exact) mass is 776 g/mol. The van der Waals surface area contributed by atoms with E-state index in [4.69, 9.17) is 9.73 Å². The van der Waals surface area contributed by atoms with Crippen molar-refractivity contribution in [1.82, 2.24) is 30.3 Å². The third-order valence-electron chi connectivity index (χ3n) is 11.4. The van der Waals surface area contributed by atoms with Crippen LogP contribution in [-0.4, -0.2) is 73.9 Å². The van der Waals surface area contributed by atoms with Crippen LogP contribution in [0.4, 0.5) is 5.69 Å². The Kier molecular flexibility index (Phi) is 10.7. The lowest BCUT2D eigenvalue weighted by Crippen LogP contribution is -2.52. The summed E-state index contributed by atoms with van der Waals surface area (Å²) in [6.45, 7) is 9.52. The minimum absolute atomic E-state index is 0.0127. The number of nitrogens with zero attached hydrogens (tertiary/aromatic N) is 5. The third-order valence-corrected chi connectivity index (χ3v) is 12.6. The highest BCUT2D eigenvalue weighted by Gasteiger charge is 2.43. The number of rotatable bonds is 14. The fraction of sp³-hybridized carbons (Fsp3) is 0.452. The van der Waals surface area contributed by atoms with E-state index < -0.39 is 11.9 Å². The lowest BCUT2D eigenvalue weighted by Gasteiger charge is -2.29. The van der Waals surface area contributed by atoms with Crippen LogP contribution in [0.25, 0.3) is 5.00 Å². The van der Waals surface area contributed by atoms with Crippen LogP contribution in [0, 0.1) is 27.7 Å². The zero-order valence-corrected chi connectivity index (χ0v) is 33.1. The molecule has 8 rings (SSSR count). The summed E-state index contributed by atoms with van der Waals surface area (Å²) >= 11 is 1.77. The van der Waals surface area contributed by atoms with Crippen molar-refractivity contribution in [2.24, 2.45) is 4.99 Å². The molecule has 56 heavy (non-hydrogen) atoms. The van der Waals surface area contributed by atoms with Gasteiger partial charge in [-0.25, -0.2) is 0 Å². The number of unbranched alkanes of at least 4 members (excludes halogenated alkanes) is 4. The number of aliphatic imine (C=N–C) groups is 1. The number of ether oxygens (including phenoxy) is 1. The number of aromatic nitrogens is 3. The van der Waals surface area contributed by atoms with Gasteiger partial charge in [-0.3, -0.25) is 39.4 Å². The predicted molar refractivity (Wildman–Crippen MR) is 213 cm³/mol. The number of amides is 4. The second-order valence-electron chi connectivity index (χ2n) is 15.3. The van der Waals surface area contributed by atoms with Gasteiger partial charge in [0.2, 0.25) is 17.7 Å². The second kappa shape index (κ2) is 15.8. The molecule has 0 aliphatic carbocycles. The third kappa shape index (κ3) is 7.57. The maximum absolute atomic E-state index is 13.1. The van der Waals surface area contributed by atoms with Crippen LogP contribution in [0.2, 0.25) is 0 Å². The van der Waals surface area contributed by atoms with Gasteiger partial charge in [0, 0.05) is 58.6 Å². The van der Waals surface area contributed by atoms with Gasteiger partial charge in [-0.1, -0.05) is 55.2 Å². The van der Waals surface area contributed by atoms with E-state index in [2.05, 4.69) is 75.8 Å². The average Bonchev–Trinajstić information content (AvgIpc) is 3.57. The minimum Gasteiger partial charge on any atom is -0.353 e. The predicted octanol–water partition coefficient (Wildman–Crippen LogP) is 5.90. The highest BCUT2D eigenvalue weighted by molar-refractivity contribution is 7.15. The van der Waals surface area contributed by atoms with Crippen molar-refractivity contribution in [3.63, 3.8) is 0 Å². The highest BCUT2D eigenvalue weighted by Crippen LogP contribution is 2.41. The largest absolute Gasteiger partial charge is 0.353 e. The van der Waals surface area contributed by atoms with E-state index in [1.54, 1.807) is 29.5 Å². The Bertz CT molecular complexity index is 2230. The summed E-state index contributed by atoms with van der Waals surface area (Å²) in [5.41, 5.74) is 7.50. The first-order valence-electron chi connectivity index (χ1n) is 19.7. The molecule has 4 aliphatic rings. The average molecular weight is 777 g/mol. The highest BCUT2D eigenvalue weighted by atomic mass is 32.1. The quantitative estimate of drug-likeness (QED) is 0.0810. The molecule has 2 fully saturated rings. The number of epoxide rings is 1. The molecule has 292 valence electrons. The Morgan fingerprint density at radius 1 is 0.982 bits per heavy atom. The molecule has 0 spiro atoms. The number of fused-ring (bicyclic) bond motifs is 4. The number of thiophene rings is 1. The van der Waals surface area contributed by atoms with Gasteiger partial charge in [0.15, 0.2) is 5.82 Å². The number of carbonyl (C=O) groups is 4. The maximum atomic E-state index is 13.1. The molecule has 3 unspecified atom stereocenters. The fourth-order valence-electron chi connectivity index (χ4n) is 8.08. The van der Waals surface area contributed by atoms with Gasteiger partial charge in [-0.15, -0.1) is 21.5 Å². The summed E-state index contributed by atoms with van der Waals surface area (Å²) < 4.78 is 8.30. The molecule has 2 aromatic heterocycles. The zero-order valence-electron chi connectivity index (χ0n) is 32.3. The molecule has 0 saturated carbocycles. The minimum atomic E-state index is -0.693. The van der Waals surface area contributed by atoms with Crippen LogP contribution < -0.4 is 16.0 Å². The first kappa shape index (κ1) is 37.9. The standard InChI is InChI=1S/C42H48N8O5S/c1-23-14-16-27(17-15-23)37-36-24(2)25(3)56-42(36)50-26(4)47-48-38(50)31(45-37)21-33-40(55-33)43-20-9-7-5-6-8-13-34(51)44-30-12-10-11-28-29(30)22-49(41(28)54)32-18-19-35(52)46-39(32)53/h10-12,14-17,31-33,40,43H,5-9,13,18-22H2,1-4H3,(H,44,51)(H,46,52,53)/t31-,32?,33?,40?/m0/s1. The summed E-state index contributed by atoms with van der Waals surface area (Å²) in [5.74, 6) is 0.589. The van der Waals surface area contributed by atoms with Crippen molar-refractivity contribution in [2.45, 2.75) is 116 Å². The van der Waals surface area contributed by atoms with Crippen molar-refractivity contribution in [2.75, 3.05) is 11.9 Å². The number of nitrogens with one attached hydrogen (secondary N) is 3. The van der Waals surface area contributed by atoms with E-state index in [1.807, 2.05) is 6.92 Å². The molecule has 4 amide bonds. The van der Waals surface area contributed by atoms with E-state index in [-0.39, 0.29) is 49.1 Å². The molecule has 13 nitrogen and oxygen atoms in total. The molecular formula is C42H48N8O5S. The molecule has 4 atom stereocenters. The Labute approximate surface area is 330 Å². The molecule has 6 heterocycles. The Morgan fingerprint density at radius 2 is 1.77 bits per heavy atom. The number of benzene rings is 2. The van der Waals surface area contributed by atoms with Crippen LogP contribution in [-0.2, 0) is 25.7 Å². The number of hydrogen-bond donors (Lipinski definition) is 3. The summed E-state index contributed by atoms with van der Waals surface area (Å²) in [4.78, 5) is 58.2. The van der Waals surface area contributed by atoms with Crippen molar-refractivity contribution in [1.29, 1.82) is 0 Å². The summed E-state index contributed by atoms with van der Waals surface area (Å²) in [6.07, 6.45) is 6.41. The maximum Gasteiger partial charge on any atom is 0.255 e. The molecule has 4 aliphatic heterocycles. The number of hydrogen-bond acceptors (Lipinski definition) is 10. The van der Waals surface area contributed by atoms with E-state index in [9.17, 15) is 19.2 Å². The molecule has 2 saturated heterocycles. The van der Waals surface area contributed by atoms with E-state index in [0.29, 0.717) is 36.1 Å². The first-order valence-corrected chi connectivity index (χ1v) is 20.5. The van der Waals surface area contributed by atoms with Crippen molar-refractivity contribution in [3.05, 3.63) is 92.4 Å². The fourth-order valence-corrected chi connectivity index (χ4v) is 9.29. The van der Waals surface area contributed by atoms with Crippen LogP contribution in [0.1, 0.15) is 119 Å². The van der Waals surface area contributed by atoms with Crippen LogP contribution in [0.5, 0.6) is 0 Å². The number of piperidine rings is 1. The normalized spacial score (nSPS) is 21.2. The van der Waals surface area contributed by atoms with Gasteiger partial charge >= 0.3 is 0 Å². The number of anilines is 1. The first-order chi connectivity index (χ1) is 27.1. The van der Waals surface area contributed by atoms with Gasteiger partial charge in [0.1, 0.15) is 35.2 Å². The van der Waals surface area contributed by atoms with Gasteiger partial charge in [-0.05, 0) is 71.2 Å². The van der Waals surface area contributed by atoms with Crippen molar-refractivity contribution in [3.8, 4) is 5.00 Å². The molecular weight excluding hydrogens is 729 g/mol. The van der Waals surface area contributed by atoms with Gasteiger partial charge in [0.25, 0.3) is 5.91 Å². The summed E-state index contributed by atoms with van der Waals surface area (Å²) in [5, 5.41) is 19.1. The van der Waals surface area contributed by atoms with Gasteiger partial charge < -0.3 is 15.0 Å². The molecule has 14 heteroatoms. The van der Waals surface area contributed by atoms with Crippen LogP contribution in [0.3, 0.4) is 0 Å². The van der Waals surface area contributed by atoms with E-state index in [0.717, 1.165) is 72.1 Å². The second-order valence-corrected chi connectivity index (χ2v) is 16.5. The van der Waals surface area contributed by atoms with Crippen LogP contribution in [0.15, 0.2) is 47.5 Å². The van der Waals surface area contributed by atoms with Crippen LogP contribution >= 0.6 is 11.3 Å². The SMILES string of the molecule is Cc1ccc(C2=N[C@@H](CC3OC3NCCCCCCCC(=O)Nc3cccc4c3CN(C3CCC(=O)NC3=O)C4=O)c3nnc(C)n3-c3sc(C)c(C)c32)cc1. The van der Waals surface area contributed by atoms with Gasteiger partial charge in [0.05, 0.1) is 5.71 Å². The topological polar surface area (TPSA) is 163 Å². The van der Waals surface area contributed by atoms with E-state index in [1.165, 1.54) is 20.9 Å². The molecule has 3 N–H and O–H groups in total. The lowest BCUT2D eigenvalue weighted by atomic mass is 9.99. The molecule has 4 aromatic rings. The smallest absolute Gasteiger partial charge is 0.255 e. The zero-order chi connectivity index (χ0) is 39.1. The Hall–Kier alpha value is -5.05. The van der Waals surface area contributed by atoms with E-state index >= 15 is 0 Å². The number of imide groups is 1. The number of aryl methyl sites for hydroxylation is 3. The molecule has 0 bridgehead atoms. The lowest BCUT2D eigenvalue weighted by molar-refractivity contribution is -0.137. The van der Waals surface area contributed by atoms with Gasteiger partial charge in [-0.2, -0.15) is 0 Å². The Balaban J connectivity index is 0.778. The number of carbonyl (C=O) groups excluding carboxylic acids is 4.